The molecule has 0 aliphatic rings. The molecule has 3 aromatic carbocycles. The summed E-state index contributed by atoms with van der Waals surface area (Å²) in [6.45, 7) is 0.0505. The van der Waals surface area contributed by atoms with E-state index in [2.05, 4.69) is 10.6 Å². The smallest absolute Gasteiger partial charge is 0.408 e. The van der Waals surface area contributed by atoms with Gasteiger partial charge in [0.15, 0.2) is 0 Å². The molecule has 0 aliphatic carbocycles. The molecule has 0 aromatic heterocycles. The third-order valence-corrected chi connectivity index (χ3v) is 5.29. The molecule has 0 unspecified atom stereocenters. The molecule has 0 saturated heterocycles. The number of hydrogen-bond acceptors (Lipinski definition) is 5. The summed E-state index contributed by atoms with van der Waals surface area (Å²) in [4.78, 5) is 37.7. The van der Waals surface area contributed by atoms with Gasteiger partial charge in [-0.25, -0.2) is 4.79 Å². The molecule has 0 radical (unpaired) electrons. The Balaban J connectivity index is 1.69. The van der Waals surface area contributed by atoms with Crippen LogP contribution in [0.15, 0.2) is 84.9 Å². The van der Waals surface area contributed by atoms with Crippen molar-refractivity contribution in [3.8, 4) is 6.07 Å². The van der Waals surface area contributed by atoms with Crippen molar-refractivity contribution in [3.05, 3.63) is 107 Å². The number of nitrogens with one attached hydrogen (secondary N) is 2. The second-order valence-electron chi connectivity index (χ2n) is 7.92. The van der Waals surface area contributed by atoms with Gasteiger partial charge in [-0.2, -0.15) is 5.26 Å². The van der Waals surface area contributed by atoms with Crippen LogP contribution in [0.2, 0.25) is 0 Å². The minimum atomic E-state index is -1.00. The van der Waals surface area contributed by atoms with Crippen molar-refractivity contribution < 1.29 is 19.1 Å². The number of carbonyl (C=O) groups excluding carboxylic acids is 3. The number of nitrogens with zero attached hydrogens (tertiary/aromatic N) is 1. The molecule has 4 N–H and O–H groups in total. The Bertz CT molecular complexity index is 1180. The van der Waals surface area contributed by atoms with Crippen molar-refractivity contribution in [1.82, 2.24) is 10.6 Å². The lowest BCUT2D eigenvalue weighted by Gasteiger charge is -2.22. The lowest BCUT2D eigenvalue weighted by Crippen LogP contribution is -2.54. The zero-order valence-electron chi connectivity index (χ0n) is 19.0. The Morgan fingerprint density at radius 2 is 1.31 bits per heavy atom. The summed E-state index contributed by atoms with van der Waals surface area (Å²) in [7, 11) is 0. The molecule has 3 rings (SSSR count). The first-order valence-corrected chi connectivity index (χ1v) is 11.0. The molecule has 3 aromatic rings. The molecule has 0 saturated carbocycles. The highest BCUT2D eigenvalue weighted by atomic mass is 16.5. The van der Waals surface area contributed by atoms with E-state index in [-0.39, 0.29) is 19.4 Å². The quantitative estimate of drug-likeness (QED) is 0.419. The van der Waals surface area contributed by atoms with E-state index in [9.17, 15) is 14.4 Å². The molecule has 0 aliphatic heterocycles. The van der Waals surface area contributed by atoms with E-state index < -0.39 is 30.0 Å². The predicted octanol–water partition coefficient (Wildman–Crippen LogP) is 2.61. The first-order chi connectivity index (χ1) is 16.9. The molecule has 2 atom stereocenters. The van der Waals surface area contributed by atoms with Gasteiger partial charge >= 0.3 is 6.09 Å². The van der Waals surface area contributed by atoms with Crippen molar-refractivity contribution >= 4 is 17.9 Å². The highest BCUT2D eigenvalue weighted by Crippen LogP contribution is 2.09. The molecule has 178 valence electrons. The standard InChI is InChI=1S/C27H26N4O4/c28-17-21-13-11-20(12-14-21)15-23(25(29)32)30-26(33)24(16-19-7-3-1-4-8-19)31-27(34)35-18-22-9-5-2-6-10-22/h1-14,23-24H,15-16,18H2,(H2,29,32)(H,30,33)(H,31,34)/t23-,24+/m0/s1. The van der Waals surface area contributed by atoms with E-state index in [1.807, 2.05) is 66.7 Å². The second-order valence-corrected chi connectivity index (χ2v) is 7.92. The number of nitriles is 1. The van der Waals surface area contributed by atoms with Crippen LogP contribution in [0.4, 0.5) is 4.79 Å². The minimum absolute atomic E-state index is 0.0505. The molecular weight excluding hydrogens is 444 g/mol. The summed E-state index contributed by atoms with van der Waals surface area (Å²) >= 11 is 0. The van der Waals surface area contributed by atoms with Gasteiger partial charge in [0.25, 0.3) is 0 Å². The fourth-order valence-electron chi connectivity index (χ4n) is 3.41. The van der Waals surface area contributed by atoms with Crippen molar-refractivity contribution in [2.75, 3.05) is 0 Å². The van der Waals surface area contributed by atoms with Crippen LogP contribution in [0.3, 0.4) is 0 Å². The molecular formula is C27H26N4O4. The maximum Gasteiger partial charge on any atom is 0.408 e. The van der Waals surface area contributed by atoms with E-state index in [1.54, 1.807) is 24.3 Å². The van der Waals surface area contributed by atoms with Gasteiger partial charge in [0.2, 0.25) is 11.8 Å². The lowest BCUT2D eigenvalue weighted by atomic mass is 10.0. The van der Waals surface area contributed by atoms with Crippen LogP contribution in [0, 0.1) is 11.3 Å². The van der Waals surface area contributed by atoms with Crippen molar-refractivity contribution in [3.63, 3.8) is 0 Å². The number of amides is 3. The van der Waals surface area contributed by atoms with Crippen LogP contribution in [0.5, 0.6) is 0 Å². The monoisotopic (exact) mass is 470 g/mol. The summed E-state index contributed by atoms with van der Waals surface area (Å²) in [5, 5.41) is 14.2. The van der Waals surface area contributed by atoms with Crippen LogP contribution >= 0.6 is 0 Å². The van der Waals surface area contributed by atoms with Crippen LogP contribution in [-0.2, 0) is 33.8 Å². The summed E-state index contributed by atoms with van der Waals surface area (Å²) in [6, 6.07) is 25.0. The number of carbonyl (C=O) groups is 3. The van der Waals surface area contributed by atoms with Crippen LogP contribution in [0.1, 0.15) is 22.3 Å². The topological polar surface area (TPSA) is 134 Å². The van der Waals surface area contributed by atoms with Gasteiger partial charge in [-0.3, -0.25) is 9.59 Å². The molecule has 0 heterocycles. The number of ether oxygens (including phenoxy) is 1. The summed E-state index contributed by atoms with van der Waals surface area (Å²) in [5.41, 5.74) is 8.37. The third-order valence-electron chi connectivity index (χ3n) is 5.29. The third kappa shape index (κ3) is 8.02. The van der Waals surface area contributed by atoms with Gasteiger partial charge in [-0.05, 0) is 28.8 Å². The number of hydrogen-bond donors (Lipinski definition) is 3. The fourth-order valence-corrected chi connectivity index (χ4v) is 3.41. The maximum absolute atomic E-state index is 13.1. The van der Waals surface area contributed by atoms with Crippen molar-refractivity contribution in [1.29, 1.82) is 5.26 Å². The fraction of sp³-hybridized carbons (Fsp3) is 0.185. The largest absolute Gasteiger partial charge is 0.445 e. The average Bonchev–Trinajstić information content (AvgIpc) is 2.88. The minimum Gasteiger partial charge on any atom is -0.445 e. The van der Waals surface area contributed by atoms with Crippen molar-refractivity contribution in [2.45, 2.75) is 31.5 Å². The molecule has 35 heavy (non-hydrogen) atoms. The SMILES string of the molecule is N#Cc1ccc(C[C@H](NC(=O)[C@@H](Cc2ccccc2)NC(=O)OCc2ccccc2)C(N)=O)cc1. The molecule has 3 amide bonds. The number of rotatable bonds is 10. The Labute approximate surface area is 203 Å². The highest BCUT2D eigenvalue weighted by Gasteiger charge is 2.26. The number of primary amides is 1. The normalized spacial score (nSPS) is 12.0. The lowest BCUT2D eigenvalue weighted by molar-refractivity contribution is -0.128. The average molecular weight is 471 g/mol. The molecule has 8 nitrogen and oxygen atoms in total. The summed E-state index contributed by atoms with van der Waals surface area (Å²) < 4.78 is 5.27. The van der Waals surface area contributed by atoms with E-state index in [0.717, 1.165) is 16.7 Å². The number of benzene rings is 3. The second kappa shape index (κ2) is 12.6. The molecule has 8 heteroatoms. The Kier molecular flexibility index (Phi) is 8.97. The van der Waals surface area contributed by atoms with E-state index in [4.69, 9.17) is 15.7 Å². The predicted molar refractivity (Wildman–Crippen MR) is 130 cm³/mol. The summed E-state index contributed by atoms with van der Waals surface area (Å²) in [5.74, 6) is -1.28. The highest BCUT2D eigenvalue weighted by molar-refractivity contribution is 5.91. The zero-order chi connectivity index (χ0) is 25.0. The van der Waals surface area contributed by atoms with Crippen LogP contribution < -0.4 is 16.4 Å². The first kappa shape index (κ1) is 25.0. The van der Waals surface area contributed by atoms with E-state index >= 15 is 0 Å². The first-order valence-electron chi connectivity index (χ1n) is 11.0. The molecule has 0 bridgehead atoms. The van der Waals surface area contributed by atoms with Crippen LogP contribution in [0.25, 0.3) is 0 Å². The molecule has 0 fully saturated rings. The van der Waals surface area contributed by atoms with Gasteiger partial charge in [0.05, 0.1) is 11.6 Å². The Morgan fingerprint density at radius 3 is 1.89 bits per heavy atom. The number of nitrogens with two attached hydrogens (primary N) is 1. The number of alkyl carbamates (subject to hydrolysis) is 1. The van der Waals surface area contributed by atoms with Gasteiger partial charge in [-0.15, -0.1) is 0 Å². The zero-order valence-corrected chi connectivity index (χ0v) is 19.0. The van der Waals surface area contributed by atoms with Gasteiger partial charge < -0.3 is 21.1 Å². The van der Waals surface area contributed by atoms with Gasteiger partial charge in [0.1, 0.15) is 18.7 Å². The maximum atomic E-state index is 13.1. The van der Waals surface area contributed by atoms with Gasteiger partial charge in [-0.1, -0.05) is 72.8 Å². The Morgan fingerprint density at radius 1 is 0.771 bits per heavy atom. The Hall–Kier alpha value is -4.64. The van der Waals surface area contributed by atoms with Gasteiger partial charge in [0, 0.05) is 12.8 Å². The van der Waals surface area contributed by atoms with E-state index in [1.165, 1.54) is 0 Å². The van der Waals surface area contributed by atoms with E-state index in [0.29, 0.717) is 5.56 Å². The molecule has 0 spiro atoms. The summed E-state index contributed by atoms with van der Waals surface area (Å²) in [6.07, 6.45) is -0.425. The van der Waals surface area contributed by atoms with Crippen LogP contribution in [-0.4, -0.2) is 30.0 Å². The van der Waals surface area contributed by atoms with Crippen molar-refractivity contribution in [2.24, 2.45) is 5.73 Å².